The van der Waals surface area contributed by atoms with Gasteiger partial charge in [0, 0.05) is 36.5 Å². The second-order valence-electron chi connectivity index (χ2n) is 5.81. The van der Waals surface area contributed by atoms with Crippen LogP contribution in [0.1, 0.15) is 21.5 Å². The molecule has 128 valence electrons. The number of anilines is 1. The van der Waals surface area contributed by atoms with Gasteiger partial charge in [0.2, 0.25) is 0 Å². The second kappa shape index (κ2) is 6.43. The summed E-state index contributed by atoms with van der Waals surface area (Å²) in [6.07, 6.45) is 1.61. The minimum Gasteiger partial charge on any atom is -0.505 e. The monoisotopic (exact) mass is 376 g/mol. The standard InChI is InChI=1S/C18H14Cl2N2O3/c1-22(2)18(25)10-3-4-15-11(8-10)12(17(24)21-15)5-9-6-13(19)16(23)14(20)7-9/h3-8,23H,1-2H3,(H,21,24)/b12-5-. The number of nitrogens with one attached hydrogen (secondary N) is 1. The second-order valence-corrected chi connectivity index (χ2v) is 6.62. The number of phenols is 1. The van der Waals surface area contributed by atoms with E-state index in [-0.39, 0.29) is 27.6 Å². The summed E-state index contributed by atoms with van der Waals surface area (Å²) in [5.41, 5.74) is 2.69. The Bertz CT molecular complexity index is 913. The molecular formula is C18H14Cl2N2O3. The zero-order chi connectivity index (χ0) is 18.3. The zero-order valence-corrected chi connectivity index (χ0v) is 14.9. The van der Waals surface area contributed by atoms with Crippen LogP contribution in [0.25, 0.3) is 11.6 Å². The lowest BCUT2D eigenvalue weighted by molar-refractivity contribution is -0.110. The lowest BCUT2D eigenvalue weighted by Gasteiger charge is -2.11. The van der Waals surface area contributed by atoms with Crippen LogP contribution in [0.3, 0.4) is 0 Å². The van der Waals surface area contributed by atoms with Crippen LogP contribution in [0.2, 0.25) is 10.0 Å². The van der Waals surface area contributed by atoms with Gasteiger partial charge >= 0.3 is 0 Å². The molecule has 0 saturated carbocycles. The fourth-order valence-electron chi connectivity index (χ4n) is 2.56. The molecule has 0 bridgehead atoms. The fraction of sp³-hybridized carbons (Fsp3) is 0.111. The minimum atomic E-state index is -0.287. The molecule has 0 aliphatic carbocycles. The van der Waals surface area contributed by atoms with Crippen LogP contribution >= 0.6 is 23.2 Å². The number of aromatic hydroxyl groups is 1. The first-order valence-electron chi connectivity index (χ1n) is 7.35. The fourth-order valence-corrected chi connectivity index (χ4v) is 3.06. The topological polar surface area (TPSA) is 69.6 Å². The van der Waals surface area contributed by atoms with Crippen LogP contribution in [-0.2, 0) is 4.79 Å². The van der Waals surface area contributed by atoms with Crippen molar-refractivity contribution in [3.05, 3.63) is 57.1 Å². The average Bonchev–Trinajstić information content (AvgIpc) is 2.86. The zero-order valence-electron chi connectivity index (χ0n) is 13.4. The van der Waals surface area contributed by atoms with Crippen molar-refractivity contribution in [3.63, 3.8) is 0 Å². The van der Waals surface area contributed by atoms with Crippen LogP contribution < -0.4 is 5.32 Å². The number of nitrogens with zero attached hydrogens (tertiary/aromatic N) is 1. The third-order valence-corrected chi connectivity index (χ3v) is 4.38. The largest absolute Gasteiger partial charge is 0.505 e. The molecular weight excluding hydrogens is 363 g/mol. The van der Waals surface area contributed by atoms with Crippen molar-refractivity contribution < 1.29 is 14.7 Å². The Morgan fingerprint density at radius 3 is 2.40 bits per heavy atom. The smallest absolute Gasteiger partial charge is 0.256 e. The van der Waals surface area contributed by atoms with Crippen molar-refractivity contribution in [2.24, 2.45) is 0 Å². The number of phenolic OH excluding ortho intramolecular Hbond substituents is 1. The van der Waals surface area contributed by atoms with Gasteiger partial charge in [-0.3, -0.25) is 9.59 Å². The summed E-state index contributed by atoms with van der Waals surface area (Å²) in [6, 6.07) is 8.05. The number of hydrogen-bond acceptors (Lipinski definition) is 3. The number of halogens is 2. The van der Waals surface area contributed by atoms with Gasteiger partial charge in [0.1, 0.15) is 0 Å². The molecule has 0 atom stereocenters. The van der Waals surface area contributed by atoms with E-state index >= 15 is 0 Å². The summed E-state index contributed by atoms with van der Waals surface area (Å²) >= 11 is 11.9. The molecule has 0 spiro atoms. The number of fused-ring (bicyclic) bond motifs is 1. The van der Waals surface area contributed by atoms with Crippen LogP contribution in [0.15, 0.2) is 30.3 Å². The maximum Gasteiger partial charge on any atom is 0.256 e. The molecule has 1 aliphatic rings. The maximum atomic E-state index is 12.3. The van der Waals surface area contributed by atoms with Crippen LogP contribution in [0.5, 0.6) is 5.75 Å². The van der Waals surface area contributed by atoms with Crippen LogP contribution in [0.4, 0.5) is 5.69 Å². The molecule has 1 aliphatic heterocycles. The molecule has 5 nitrogen and oxygen atoms in total. The van der Waals surface area contributed by atoms with Crippen molar-refractivity contribution in [3.8, 4) is 5.75 Å². The van der Waals surface area contributed by atoms with Crippen molar-refractivity contribution >= 4 is 52.4 Å². The molecule has 3 rings (SSSR count). The quantitative estimate of drug-likeness (QED) is 0.781. The Kier molecular flexibility index (Phi) is 4.45. The summed E-state index contributed by atoms with van der Waals surface area (Å²) in [5.74, 6) is -0.650. The lowest BCUT2D eigenvalue weighted by Crippen LogP contribution is -2.21. The van der Waals surface area contributed by atoms with Gasteiger partial charge in [0.15, 0.2) is 5.75 Å². The summed E-state index contributed by atoms with van der Waals surface area (Å²) in [5, 5.41) is 12.6. The highest BCUT2D eigenvalue weighted by Gasteiger charge is 2.25. The Balaban J connectivity index is 2.09. The molecule has 0 saturated heterocycles. The first kappa shape index (κ1) is 17.3. The molecule has 0 aromatic heterocycles. The molecule has 2 aromatic carbocycles. The van der Waals surface area contributed by atoms with E-state index in [1.165, 1.54) is 17.0 Å². The van der Waals surface area contributed by atoms with Crippen molar-refractivity contribution in [2.45, 2.75) is 0 Å². The van der Waals surface area contributed by atoms with E-state index in [2.05, 4.69) is 5.32 Å². The summed E-state index contributed by atoms with van der Waals surface area (Å²) < 4.78 is 0. The van der Waals surface area contributed by atoms with E-state index in [1.807, 2.05) is 0 Å². The maximum absolute atomic E-state index is 12.3. The third-order valence-electron chi connectivity index (χ3n) is 3.81. The molecule has 0 fully saturated rings. The Morgan fingerprint density at radius 1 is 1.16 bits per heavy atom. The number of rotatable bonds is 2. The van der Waals surface area contributed by atoms with E-state index in [0.717, 1.165) is 0 Å². The Labute approximate surface area is 154 Å². The number of benzene rings is 2. The van der Waals surface area contributed by atoms with Gasteiger partial charge < -0.3 is 15.3 Å². The molecule has 1 heterocycles. The van der Waals surface area contributed by atoms with E-state index in [1.54, 1.807) is 38.4 Å². The molecule has 2 aromatic rings. The molecule has 2 N–H and O–H groups in total. The van der Waals surface area contributed by atoms with E-state index in [4.69, 9.17) is 23.2 Å². The Hall–Kier alpha value is -2.50. The number of hydrogen-bond donors (Lipinski definition) is 2. The highest BCUT2D eigenvalue weighted by Crippen LogP contribution is 2.37. The van der Waals surface area contributed by atoms with Gasteiger partial charge in [-0.05, 0) is 42.0 Å². The minimum absolute atomic E-state index is 0.0921. The highest BCUT2D eigenvalue weighted by molar-refractivity contribution is 6.38. The van der Waals surface area contributed by atoms with Gasteiger partial charge in [0.25, 0.3) is 11.8 Å². The number of carbonyl (C=O) groups excluding carboxylic acids is 2. The van der Waals surface area contributed by atoms with Gasteiger partial charge in [-0.15, -0.1) is 0 Å². The normalized spacial score (nSPS) is 14.4. The third kappa shape index (κ3) is 3.21. The number of amides is 2. The van der Waals surface area contributed by atoms with Gasteiger partial charge in [-0.2, -0.15) is 0 Å². The average molecular weight is 377 g/mol. The predicted molar refractivity (Wildman–Crippen MR) is 99.1 cm³/mol. The molecule has 25 heavy (non-hydrogen) atoms. The first-order chi connectivity index (χ1) is 11.8. The summed E-state index contributed by atoms with van der Waals surface area (Å²) in [6.45, 7) is 0. The van der Waals surface area contributed by atoms with Crippen LogP contribution in [-0.4, -0.2) is 35.9 Å². The van der Waals surface area contributed by atoms with E-state index < -0.39 is 0 Å². The predicted octanol–water partition coefficient (Wildman–Crippen LogP) is 3.89. The summed E-state index contributed by atoms with van der Waals surface area (Å²) in [7, 11) is 3.33. The molecule has 0 unspecified atom stereocenters. The van der Waals surface area contributed by atoms with E-state index in [0.29, 0.717) is 28.0 Å². The van der Waals surface area contributed by atoms with Crippen molar-refractivity contribution in [2.75, 3.05) is 19.4 Å². The molecule has 2 amide bonds. The SMILES string of the molecule is CN(C)C(=O)c1ccc2c(c1)/C(=C/c1cc(Cl)c(O)c(Cl)c1)C(=O)N2. The molecule has 7 heteroatoms. The van der Waals surface area contributed by atoms with Crippen molar-refractivity contribution in [1.29, 1.82) is 0 Å². The van der Waals surface area contributed by atoms with Gasteiger partial charge in [0.05, 0.1) is 10.0 Å². The van der Waals surface area contributed by atoms with Crippen molar-refractivity contribution in [1.82, 2.24) is 4.90 Å². The highest BCUT2D eigenvalue weighted by atomic mass is 35.5. The number of carbonyl (C=O) groups is 2. The lowest BCUT2D eigenvalue weighted by atomic mass is 10.0. The van der Waals surface area contributed by atoms with Gasteiger partial charge in [-0.25, -0.2) is 0 Å². The summed E-state index contributed by atoms with van der Waals surface area (Å²) in [4.78, 5) is 25.9. The molecule has 0 radical (unpaired) electrons. The first-order valence-corrected chi connectivity index (χ1v) is 8.10. The van der Waals surface area contributed by atoms with Crippen LogP contribution in [0, 0.1) is 0 Å². The van der Waals surface area contributed by atoms with E-state index in [9.17, 15) is 14.7 Å². The Morgan fingerprint density at radius 2 is 1.80 bits per heavy atom. The van der Waals surface area contributed by atoms with Gasteiger partial charge in [-0.1, -0.05) is 23.2 Å².